The SMILES string of the molecule is O=c1[nH]ccnc1OC1CCC1. The Hall–Kier alpha value is -1.32. The van der Waals surface area contributed by atoms with Gasteiger partial charge in [0.05, 0.1) is 0 Å². The molecule has 1 aliphatic carbocycles. The first kappa shape index (κ1) is 7.34. The number of nitrogens with one attached hydrogen (secondary N) is 1. The summed E-state index contributed by atoms with van der Waals surface area (Å²) in [5, 5.41) is 0. The Labute approximate surface area is 69.6 Å². The molecule has 0 spiro atoms. The van der Waals surface area contributed by atoms with Crippen LogP contribution in [0.5, 0.6) is 5.88 Å². The molecule has 0 aromatic carbocycles. The topological polar surface area (TPSA) is 55.0 Å². The van der Waals surface area contributed by atoms with Crippen LogP contribution in [0.15, 0.2) is 17.2 Å². The second-order valence-corrected chi connectivity index (χ2v) is 2.89. The van der Waals surface area contributed by atoms with Gasteiger partial charge in [-0.2, -0.15) is 0 Å². The molecule has 0 aliphatic heterocycles. The largest absolute Gasteiger partial charge is 0.470 e. The number of aromatic amines is 1. The lowest BCUT2D eigenvalue weighted by Crippen LogP contribution is -2.28. The van der Waals surface area contributed by atoms with Crippen LogP contribution in [0.2, 0.25) is 0 Å². The molecule has 1 aliphatic rings. The van der Waals surface area contributed by atoms with Gasteiger partial charge in [-0.3, -0.25) is 4.79 Å². The van der Waals surface area contributed by atoms with Crippen LogP contribution in [-0.2, 0) is 0 Å². The van der Waals surface area contributed by atoms with Crippen molar-refractivity contribution in [3.8, 4) is 5.88 Å². The van der Waals surface area contributed by atoms with Crippen LogP contribution in [0, 0.1) is 0 Å². The molecular formula is C8H10N2O2. The molecule has 0 saturated heterocycles. The minimum absolute atomic E-state index is 0.196. The summed E-state index contributed by atoms with van der Waals surface area (Å²) in [4.78, 5) is 17.4. The van der Waals surface area contributed by atoms with Gasteiger partial charge in [-0.1, -0.05) is 0 Å². The zero-order chi connectivity index (χ0) is 8.39. The summed E-state index contributed by atoms with van der Waals surface area (Å²) in [5.41, 5.74) is -0.246. The first-order valence-electron chi connectivity index (χ1n) is 4.06. The van der Waals surface area contributed by atoms with Crippen molar-refractivity contribution in [3.05, 3.63) is 22.7 Å². The van der Waals surface area contributed by atoms with E-state index in [1.165, 1.54) is 18.8 Å². The third-order valence-corrected chi connectivity index (χ3v) is 2.01. The van der Waals surface area contributed by atoms with E-state index in [0.29, 0.717) is 0 Å². The first-order chi connectivity index (χ1) is 5.86. The van der Waals surface area contributed by atoms with Gasteiger partial charge in [0.2, 0.25) is 0 Å². The molecule has 0 amide bonds. The lowest BCUT2D eigenvalue weighted by atomic mass is 9.96. The molecule has 12 heavy (non-hydrogen) atoms. The van der Waals surface area contributed by atoms with E-state index in [1.54, 1.807) is 0 Å². The van der Waals surface area contributed by atoms with Gasteiger partial charge in [0.1, 0.15) is 6.10 Å². The van der Waals surface area contributed by atoms with Crippen LogP contribution >= 0.6 is 0 Å². The van der Waals surface area contributed by atoms with Crippen LogP contribution in [0.4, 0.5) is 0 Å². The number of hydrogen-bond acceptors (Lipinski definition) is 3. The van der Waals surface area contributed by atoms with E-state index in [1.807, 2.05) is 0 Å². The maximum Gasteiger partial charge on any atom is 0.310 e. The Morgan fingerprint density at radius 2 is 2.42 bits per heavy atom. The maximum atomic E-state index is 11.1. The molecule has 1 saturated carbocycles. The van der Waals surface area contributed by atoms with Crippen molar-refractivity contribution < 1.29 is 4.74 Å². The zero-order valence-electron chi connectivity index (χ0n) is 6.62. The fraction of sp³-hybridized carbons (Fsp3) is 0.500. The predicted molar refractivity (Wildman–Crippen MR) is 43.1 cm³/mol. The molecule has 1 heterocycles. The van der Waals surface area contributed by atoms with Crippen molar-refractivity contribution in [1.82, 2.24) is 9.97 Å². The molecule has 1 aromatic heterocycles. The average Bonchev–Trinajstić information content (AvgIpc) is 2.00. The van der Waals surface area contributed by atoms with Crippen molar-refractivity contribution in [1.29, 1.82) is 0 Å². The van der Waals surface area contributed by atoms with Gasteiger partial charge in [0.15, 0.2) is 0 Å². The monoisotopic (exact) mass is 166 g/mol. The molecule has 4 nitrogen and oxygen atoms in total. The molecule has 1 fully saturated rings. The van der Waals surface area contributed by atoms with Crippen molar-refractivity contribution in [3.63, 3.8) is 0 Å². The fourth-order valence-electron chi connectivity index (χ4n) is 1.07. The third kappa shape index (κ3) is 1.32. The molecule has 0 atom stereocenters. The maximum absolute atomic E-state index is 11.1. The minimum atomic E-state index is -0.246. The lowest BCUT2D eigenvalue weighted by molar-refractivity contribution is 0.112. The van der Waals surface area contributed by atoms with Crippen LogP contribution < -0.4 is 10.3 Å². The molecule has 0 bridgehead atoms. The quantitative estimate of drug-likeness (QED) is 0.703. The summed E-state index contributed by atoms with van der Waals surface area (Å²) < 4.78 is 5.33. The number of H-pyrrole nitrogens is 1. The Kier molecular flexibility index (Phi) is 1.81. The number of hydrogen-bond donors (Lipinski definition) is 1. The fourth-order valence-corrected chi connectivity index (χ4v) is 1.07. The van der Waals surface area contributed by atoms with E-state index >= 15 is 0 Å². The highest BCUT2D eigenvalue weighted by Crippen LogP contribution is 2.21. The van der Waals surface area contributed by atoms with Gasteiger partial charge < -0.3 is 9.72 Å². The van der Waals surface area contributed by atoms with Crippen LogP contribution in [0.25, 0.3) is 0 Å². The molecule has 0 unspecified atom stereocenters. The Morgan fingerprint density at radius 3 is 3.00 bits per heavy atom. The molecule has 4 heteroatoms. The molecule has 64 valence electrons. The van der Waals surface area contributed by atoms with E-state index in [4.69, 9.17) is 4.74 Å². The number of ether oxygens (including phenoxy) is 1. The summed E-state index contributed by atoms with van der Waals surface area (Å²) in [5.74, 6) is 0.196. The van der Waals surface area contributed by atoms with Gasteiger partial charge in [-0.05, 0) is 19.3 Å². The van der Waals surface area contributed by atoms with Crippen LogP contribution in [-0.4, -0.2) is 16.1 Å². The van der Waals surface area contributed by atoms with Crippen LogP contribution in [0.3, 0.4) is 0 Å². The Balaban J connectivity index is 2.11. The highest BCUT2D eigenvalue weighted by Gasteiger charge is 2.20. The molecule has 1 aromatic rings. The molecule has 1 N–H and O–H groups in total. The van der Waals surface area contributed by atoms with Gasteiger partial charge >= 0.3 is 5.56 Å². The average molecular weight is 166 g/mol. The standard InChI is InChI=1S/C8H10N2O2/c11-7-8(10-5-4-9-7)12-6-2-1-3-6/h4-6H,1-3H2,(H,9,11). The summed E-state index contributed by atoms with van der Waals surface area (Å²) in [6, 6.07) is 0. The number of nitrogens with zero attached hydrogens (tertiary/aromatic N) is 1. The summed E-state index contributed by atoms with van der Waals surface area (Å²) in [6.07, 6.45) is 6.49. The van der Waals surface area contributed by atoms with E-state index < -0.39 is 0 Å². The van der Waals surface area contributed by atoms with E-state index in [2.05, 4.69) is 9.97 Å². The normalized spacial score (nSPS) is 17.0. The minimum Gasteiger partial charge on any atom is -0.470 e. The Bertz CT molecular complexity index is 317. The van der Waals surface area contributed by atoms with E-state index in [0.717, 1.165) is 12.8 Å². The van der Waals surface area contributed by atoms with Crippen molar-refractivity contribution in [2.75, 3.05) is 0 Å². The third-order valence-electron chi connectivity index (χ3n) is 2.01. The molecular weight excluding hydrogens is 156 g/mol. The van der Waals surface area contributed by atoms with Crippen molar-refractivity contribution in [2.24, 2.45) is 0 Å². The van der Waals surface area contributed by atoms with E-state index in [-0.39, 0.29) is 17.5 Å². The number of rotatable bonds is 2. The number of aromatic nitrogens is 2. The summed E-state index contributed by atoms with van der Waals surface area (Å²) >= 11 is 0. The zero-order valence-corrected chi connectivity index (χ0v) is 6.62. The van der Waals surface area contributed by atoms with E-state index in [9.17, 15) is 4.79 Å². The van der Waals surface area contributed by atoms with Gasteiger partial charge in [-0.25, -0.2) is 4.98 Å². The van der Waals surface area contributed by atoms with Crippen LogP contribution in [0.1, 0.15) is 19.3 Å². The van der Waals surface area contributed by atoms with Gasteiger partial charge in [0, 0.05) is 12.4 Å². The molecule has 0 radical (unpaired) electrons. The highest BCUT2D eigenvalue weighted by atomic mass is 16.5. The molecule has 2 rings (SSSR count). The second kappa shape index (κ2) is 2.97. The summed E-state index contributed by atoms with van der Waals surface area (Å²) in [6.45, 7) is 0. The lowest BCUT2D eigenvalue weighted by Gasteiger charge is -2.24. The van der Waals surface area contributed by atoms with Gasteiger partial charge in [-0.15, -0.1) is 0 Å². The summed E-state index contributed by atoms with van der Waals surface area (Å²) in [7, 11) is 0. The van der Waals surface area contributed by atoms with Crippen molar-refractivity contribution in [2.45, 2.75) is 25.4 Å². The Morgan fingerprint density at radius 1 is 1.58 bits per heavy atom. The van der Waals surface area contributed by atoms with Crippen molar-refractivity contribution >= 4 is 0 Å². The highest BCUT2D eigenvalue weighted by molar-refractivity contribution is 5.03. The smallest absolute Gasteiger partial charge is 0.310 e. The van der Waals surface area contributed by atoms with Gasteiger partial charge in [0.25, 0.3) is 5.88 Å². The first-order valence-corrected chi connectivity index (χ1v) is 4.06. The predicted octanol–water partition coefficient (Wildman–Crippen LogP) is 0.701. The second-order valence-electron chi connectivity index (χ2n) is 2.89.